The van der Waals surface area contributed by atoms with E-state index in [9.17, 15) is 0 Å². The summed E-state index contributed by atoms with van der Waals surface area (Å²) in [6.45, 7) is 0. The fourth-order valence-corrected chi connectivity index (χ4v) is 1.69. The zero-order chi connectivity index (χ0) is 9.84. The van der Waals surface area contributed by atoms with E-state index in [4.69, 9.17) is 9.47 Å². The van der Waals surface area contributed by atoms with Crippen LogP contribution in [0.15, 0.2) is 5.38 Å². The molecule has 0 amide bonds. The second-order valence-corrected chi connectivity index (χ2v) is 3.59. The lowest BCUT2D eigenvalue weighted by atomic mass is 10.5. The Morgan fingerprint density at radius 2 is 2.00 bits per heavy atom. The number of anilines is 1. The summed E-state index contributed by atoms with van der Waals surface area (Å²) in [6.07, 6.45) is -0.357. The van der Waals surface area contributed by atoms with E-state index in [1.807, 2.05) is 24.4 Å². The minimum Gasteiger partial charge on any atom is -0.354 e. The predicted molar refractivity (Wildman–Crippen MR) is 53.2 cm³/mol. The summed E-state index contributed by atoms with van der Waals surface area (Å²) in [6, 6.07) is 0. The van der Waals surface area contributed by atoms with E-state index in [1.54, 1.807) is 25.6 Å². The maximum Gasteiger partial charge on any atom is 0.201 e. The van der Waals surface area contributed by atoms with Crippen LogP contribution in [0.4, 0.5) is 5.13 Å². The smallest absolute Gasteiger partial charge is 0.201 e. The maximum absolute atomic E-state index is 5.08. The van der Waals surface area contributed by atoms with E-state index in [-0.39, 0.29) is 6.29 Å². The topological polar surface area (TPSA) is 34.6 Å². The molecular formula is C8H14N2O2S. The van der Waals surface area contributed by atoms with Gasteiger partial charge in [0.2, 0.25) is 6.29 Å². The number of aromatic nitrogens is 1. The summed E-state index contributed by atoms with van der Waals surface area (Å²) in [5.74, 6) is 0. The van der Waals surface area contributed by atoms with Crippen molar-refractivity contribution < 1.29 is 9.47 Å². The van der Waals surface area contributed by atoms with Gasteiger partial charge in [0, 0.05) is 33.7 Å². The Kier molecular flexibility index (Phi) is 3.65. The van der Waals surface area contributed by atoms with E-state index < -0.39 is 0 Å². The van der Waals surface area contributed by atoms with Crippen molar-refractivity contribution in [3.63, 3.8) is 0 Å². The summed E-state index contributed by atoms with van der Waals surface area (Å²) >= 11 is 1.57. The summed E-state index contributed by atoms with van der Waals surface area (Å²) in [4.78, 5) is 6.30. The minimum atomic E-state index is -0.357. The van der Waals surface area contributed by atoms with E-state index in [1.165, 1.54) is 0 Å². The van der Waals surface area contributed by atoms with Gasteiger partial charge in [-0.15, -0.1) is 11.3 Å². The first-order chi connectivity index (χ1) is 6.19. The molecular weight excluding hydrogens is 188 g/mol. The van der Waals surface area contributed by atoms with E-state index in [0.717, 1.165) is 10.8 Å². The van der Waals surface area contributed by atoms with Gasteiger partial charge < -0.3 is 14.4 Å². The largest absolute Gasteiger partial charge is 0.354 e. The van der Waals surface area contributed by atoms with Crippen LogP contribution in [0, 0.1) is 0 Å². The molecule has 0 aromatic carbocycles. The molecule has 0 aliphatic rings. The van der Waals surface area contributed by atoms with Crippen LogP contribution in [-0.4, -0.2) is 33.3 Å². The Balaban J connectivity index is 2.78. The van der Waals surface area contributed by atoms with Gasteiger partial charge in [0.15, 0.2) is 5.13 Å². The summed E-state index contributed by atoms with van der Waals surface area (Å²) in [5.41, 5.74) is 0.818. The first kappa shape index (κ1) is 10.4. The molecule has 1 aromatic rings. The molecule has 4 nitrogen and oxygen atoms in total. The molecule has 0 fully saturated rings. The number of hydrogen-bond acceptors (Lipinski definition) is 5. The molecule has 0 N–H and O–H groups in total. The highest BCUT2D eigenvalue weighted by atomic mass is 32.1. The third-order valence-corrected chi connectivity index (χ3v) is 2.59. The van der Waals surface area contributed by atoms with Gasteiger partial charge in [-0.3, -0.25) is 0 Å². The fourth-order valence-electron chi connectivity index (χ4n) is 0.928. The Bertz CT molecular complexity index is 258. The van der Waals surface area contributed by atoms with Crippen LogP contribution in [0.1, 0.15) is 12.0 Å². The maximum atomic E-state index is 5.08. The highest BCUT2D eigenvalue weighted by Gasteiger charge is 2.13. The Labute approximate surface area is 82.1 Å². The number of hydrogen-bond donors (Lipinski definition) is 0. The van der Waals surface area contributed by atoms with Crippen molar-refractivity contribution in [2.75, 3.05) is 33.2 Å². The fraction of sp³-hybridized carbons (Fsp3) is 0.625. The van der Waals surface area contributed by atoms with Crippen LogP contribution in [0.3, 0.4) is 0 Å². The van der Waals surface area contributed by atoms with Gasteiger partial charge in [-0.1, -0.05) is 0 Å². The molecule has 0 radical (unpaired) electrons. The third kappa shape index (κ3) is 2.40. The van der Waals surface area contributed by atoms with Crippen LogP contribution in [0.5, 0.6) is 0 Å². The average molecular weight is 202 g/mol. The van der Waals surface area contributed by atoms with Crippen LogP contribution < -0.4 is 4.90 Å². The van der Waals surface area contributed by atoms with Crippen LogP contribution >= 0.6 is 11.3 Å². The lowest BCUT2D eigenvalue weighted by molar-refractivity contribution is -0.108. The predicted octanol–water partition coefficient (Wildman–Crippen LogP) is 1.50. The van der Waals surface area contributed by atoms with Gasteiger partial charge in [-0.25, -0.2) is 4.98 Å². The van der Waals surface area contributed by atoms with Crippen molar-refractivity contribution in [3.8, 4) is 0 Å². The molecule has 0 aliphatic heterocycles. The standard InChI is InChI=1S/C8H14N2O2S/c1-10(2)8-9-6(5-13-8)7(11-3)12-4/h5,7H,1-4H3. The van der Waals surface area contributed by atoms with Gasteiger partial charge in [-0.2, -0.15) is 0 Å². The first-order valence-corrected chi connectivity index (χ1v) is 4.75. The Hall–Kier alpha value is -0.650. The van der Waals surface area contributed by atoms with Crippen molar-refractivity contribution in [2.24, 2.45) is 0 Å². The van der Waals surface area contributed by atoms with E-state index in [0.29, 0.717) is 0 Å². The van der Waals surface area contributed by atoms with Gasteiger partial charge in [0.1, 0.15) is 5.69 Å². The van der Waals surface area contributed by atoms with E-state index in [2.05, 4.69) is 4.98 Å². The minimum absolute atomic E-state index is 0.357. The molecule has 74 valence electrons. The van der Waals surface area contributed by atoms with Crippen LogP contribution in [-0.2, 0) is 9.47 Å². The third-order valence-electron chi connectivity index (χ3n) is 1.56. The number of thiazole rings is 1. The molecule has 1 rings (SSSR count). The number of nitrogens with zero attached hydrogens (tertiary/aromatic N) is 2. The summed E-state index contributed by atoms with van der Waals surface area (Å²) in [7, 11) is 7.11. The van der Waals surface area contributed by atoms with Crippen LogP contribution in [0.2, 0.25) is 0 Å². The normalized spacial score (nSPS) is 10.8. The van der Waals surface area contributed by atoms with Crippen molar-refractivity contribution in [1.82, 2.24) is 4.98 Å². The number of rotatable bonds is 4. The highest BCUT2D eigenvalue weighted by molar-refractivity contribution is 7.13. The molecule has 0 aliphatic carbocycles. The van der Waals surface area contributed by atoms with Gasteiger partial charge in [-0.05, 0) is 0 Å². The number of ether oxygens (including phenoxy) is 2. The SMILES string of the molecule is COC(OC)c1csc(N(C)C)n1. The van der Waals surface area contributed by atoms with E-state index >= 15 is 0 Å². The zero-order valence-electron chi connectivity index (χ0n) is 8.27. The van der Waals surface area contributed by atoms with Gasteiger partial charge in [0.05, 0.1) is 0 Å². The molecule has 13 heavy (non-hydrogen) atoms. The van der Waals surface area contributed by atoms with Crippen molar-refractivity contribution >= 4 is 16.5 Å². The molecule has 1 heterocycles. The first-order valence-electron chi connectivity index (χ1n) is 3.87. The van der Waals surface area contributed by atoms with Gasteiger partial charge in [0.25, 0.3) is 0 Å². The molecule has 0 saturated carbocycles. The van der Waals surface area contributed by atoms with Crippen LogP contribution in [0.25, 0.3) is 0 Å². The summed E-state index contributed by atoms with van der Waals surface area (Å²) in [5, 5.41) is 2.89. The molecule has 5 heteroatoms. The quantitative estimate of drug-likeness (QED) is 0.693. The second kappa shape index (κ2) is 4.55. The van der Waals surface area contributed by atoms with Crippen molar-refractivity contribution in [2.45, 2.75) is 6.29 Å². The summed E-state index contributed by atoms with van der Waals surface area (Å²) < 4.78 is 10.2. The highest BCUT2D eigenvalue weighted by Crippen LogP contribution is 2.24. The zero-order valence-corrected chi connectivity index (χ0v) is 9.09. The van der Waals surface area contributed by atoms with Gasteiger partial charge >= 0.3 is 0 Å². The molecule has 0 saturated heterocycles. The number of methoxy groups -OCH3 is 2. The molecule has 1 aromatic heterocycles. The molecule has 0 atom stereocenters. The Morgan fingerprint density at radius 3 is 2.38 bits per heavy atom. The second-order valence-electron chi connectivity index (χ2n) is 2.75. The average Bonchev–Trinajstić information content (AvgIpc) is 2.56. The lowest BCUT2D eigenvalue weighted by Gasteiger charge is -2.10. The van der Waals surface area contributed by atoms with Crippen molar-refractivity contribution in [1.29, 1.82) is 0 Å². The van der Waals surface area contributed by atoms with Crippen molar-refractivity contribution in [3.05, 3.63) is 11.1 Å². The molecule has 0 unspecified atom stereocenters. The molecule has 0 spiro atoms. The Morgan fingerprint density at radius 1 is 1.38 bits per heavy atom. The lowest BCUT2D eigenvalue weighted by Crippen LogP contribution is -2.09. The molecule has 0 bridgehead atoms. The monoisotopic (exact) mass is 202 g/mol.